The largest absolute Gasteiger partial charge is 0.385 e. The summed E-state index contributed by atoms with van der Waals surface area (Å²) in [6.07, 6.45) is 1.04. The van der Waals surface area contributed by atoms with Gasteiger partial charge in [0, 0.05) is 47.3 Å². The van der Waals surface area contributed by atoms with E-state index in [-0.39, 0.29) is 24.0 Å². The number of guanidine groups is 1. The molecule has 0 saturated carbocycles. The van der Waals surface area contributed by atoms with Crippen LogP contribution in [0.4, 0.5) is 0 Å². The van der Waals surface area contributed by atoms with Crippen molar-refractivity contribution in [1.82, 2.24) is 25.7 Å². The number of aliphatic imine (C=N–C) groups is 1. The number of ether oxygens (including phenoxy) is 1. The van der Waals surface area contributed by atoms with Crippen LogP contribution in [0.3, 0.4) is 0 Å². The lowest BCUT2D eigenvalue weighted by molar-refractivity contribution is 0.180. The average Bonchev–Trinajstić information content (AvgIpc) is 2.88. The van der Waals surface area contributed by atoms with Crippen LogP contribution >= 0.6 is 24.0 Å². The van der Waals surface area contributed by atoms with Gasteiger partial charge in [-0.15, -0.1) is 24.0 Å². The lowest BCUT2D eigenvalue weighted by atomic mass is 10.4. The molecule has 1 rings (SSSR count). The molecule has 0 unspecified atom stereocenters. The van der Waals surface area contributed by atoms with Crippen molar-refractivity contribution < 1.29 is 9.26 Å². The summed E-state index contributed by atoms with van der Waals surface area (Å²) in [5.74, 6) is 1.90. The predicted octanol–water partition coefficient (Wildman–Crippen LogP) is 0.629. The van der Waals surface area contributed by atoms with Crippen molar-refractivity contribution in [3.63, 3.8) is 0 Å². The van der Waals surface area contributed by atoms with Gasteiger partial charge in [-0.05, 0) is 13.5 Å². The van der Waals surface area contributed by atoms with Crippen molar-refractivity contribution in [2.45, 2.75) is 19.9 Å². The molecule has 8 nitrogen and oxygen atoms in total. The van der Waals surface area contributed by atoms with Gasteiger partial charge in [0.1, 0.15) is 0 Å². The van der Waals surface area contributed by atoms with E-state index in [0.717, 1.165) is 38.6 Å². The molecule has 9 heteroatoms. The van der Waals surface area contributed by atoms with Crippen molar-refractivity contribution in [3.8, 4) is 0 Å². The van der Waals surface area contributed by atoms with Crippen LogP contribution in [-0.4, -0.2) is 68.4 Å². The quantitative estimate of drug-likeness (QED) is 0.259. The van der Waals surface area contributed by atoms with Gasteiger partial charge in [0.25, 0.3) is 0 Å². The van der Waals surface area contributed by atoms with E-state index < -0.39 is 0 Å². The Morgan fingerprint density at radius 1 is 1.36 bits per heavy atom. The molecule has 0 atom stereocenters. The SMILES string of the molecule is CN=C(NCCN(C)CCCOC)NCc1noc(C)n1.I. The molecule has 0 amide bonds. The molecule has 22 heavy (non-hydrogen) atoms. The zero-order chi connectivity index (χ0) is 15.5. The van der Waals surface area contributed by atoms with E-state index in [1.54, 1.807) is 21.1 Å². The van der Waals surface area contributed by atoms with Crippen LogP contribution in [-0.2, 0) is 11.3 Å². The third-order valence-electron chi connectivity index (χ3n) is 2.88. The van der Waals surface area contributed by atoms with E-state index in [9.17, 15) is 0 Å². The molecular weight excluding hydrogens is 399 g/mol. The summed E-state index contributed by atoms with van der Waals surface area (Å²) in [7, 11) is 5.55. The number of hydrogen-bond donors (Lipinski definition) is 2. The monoisotopic (exact) mass is 426 g/mol. The molecule has 1 heterocycles. The third kappa shape index (κ3) is 9.15. The average molecular weight is 426 g/mol. The van der Waals surface area contributed by atoms with Gasteiger partial charge in [0.05, 0.1) is 6.54 Å². The van der Waals surface area contributed by atoms with E-state index in [1.165, 1.54) is 0 Å². The van der Waals surface area contributed by atoms with Crippen LogP contribution < -0.4 is 10.6 Å². The van der Waals surface area contributed by atoms with Crippen molar-refractivity contribution in [1.29, 1.82) is 0 Å². The Morgan fingerprint density at radius 2 is 2.14 bits per heavy atom. The van der Waals surface area contributed by atoms with Crippen molar-refractivity contribution in [3.05, 3.63) is 11.7 Å². The lowest BCUT2D eigenvalue weighted by Gasteiger charge is -2.17. The zero-order valence-corrected chi connectivity index (χ0v) is 16.1. The molecule has 0 bridgehead atoms. The summed E-state index contributed by atoms with van der Waals surface area (Å²) in [6.45, 7) is 5.82. The fourth-order valence-electron chi connectivity index (χ4n) is 1.75. The minimum atomic E-state index is 0. The molecule has 0 aromatic carbocycles. The van der Waals surface area contributed by atoms with E-state index in [4.69, 9.17) is 9.26 Å². The Morgan fingerprint density at radius 3 is 2.73 bits per heavy atom. The maximum absolute atomic E-state index is 5.04. The minimum absolute atomic E-state index is 0. The smallest absolute Gasteiger partial charge is 0.223 e. The van der Waals surface area contributed by atoms with Gasteiger partial charge in [0.15, 0.2) is 11.8 Å². The highest BCUT2D eigenvalue weighted by Crippen LogP contribution is 1.93. The van der Waals surface area contributed by atoms with Crippen molar-refractivity contribution >= 4 is 29.9 Å². The fraction of sp³-hybridized carbons (Fsp3) is 0.769. The number of methoxy groups -OCH3 is 1. The summed E-state index contributed by atoms with van der Waals surface area (Å²) in [5.41, 5.74) is 0. The zero-order valence-electron chi connectivity index (χ0n) is 13.8. The first-order chi connectivity index (χ1) is 10.2. The molecule has 1 aromatic rings. The van der Waals surface area contributed by atoms with Crippen LogP contribution in [0.5, 0.6) is 0 Å². The van der Waals surface area contributed by atoms with Crippen LogP contribution in [0.1, 0.15) is 18.1 Å². The van der Waals surface area contributed by atoms with Gasteiger partial charge >= 0.3 is 0 Å². The normalized spacial score (nSPS) is 11.4. The Kier molecular flexibility index (Phi) is 12.1. The third-order valence-corrected chi connectivity index (χ3v) is 2.88. The molecule has 2 N–H and O–H groups in total. The van der Waals surface area contributed by atoms with E-state index >= 15 is 0 Å². The number of likely N-dealkylation sites (N-methyl/N-ethyl adjacent to an activating group) is 1. The second-order valence-corrected chi connectivity index (χ2v) is 4.73. The number of nitrogens with zero attached hydrogens (tertiary/aromatic N) is 4. The highest BCUT2D eigenvalue weighted by molar-refractivity contribution is 14.0. The summed E-state index contributed by atoms with van der Waals surface area (Å²) in [4.78, 5) is 10.5. The summed E-state index contributed by atoms with van der Waals surface area (Å²) < 4.78 is 9.95. The highest BCUT2D eigenvalue weighted by Gasteiger charge is 2.04. The predicted molar refractivity (Wildman–Crippen MR) is 96.6 cm³/mol. The molecular formula is C13H27IN6O2. The Bertz CT molecular complexity index is 426. The van der Waals surface area contributed by atoms with E-state index in [1.807, 2.05) is 0 Å². The highest BCUT2D eigenvalue weighted by atomic mass is 127. The van der Waals surface area contributed by atoms with Crippen LogP contribution in [0.2, 0.25) is 0 Å². The maximum atomic E-state index is 5.04. The summed E-state index contributed by atoms with van der Waals surface area (Å²) in [5, 5.41) is 10.2. The number of halogens is 1. The van der Waals surface area contributed by atoms with Gasteiger partial charge < -0.3 is 24.8 Å². The van der Waals surface area contributed by atoms with Crippen LogP contribution in [0, 0.1) is 6.92 Å². The van der Waals surface area contributed by atoms with Gasteiger partial charge in [-0.25, -0.2) is 0 Å². The maximum Gasteiger partial charge on any atom is 0.223 e. The number of nitrogens with one attached hydrogen (secondary N) is 2. The van der Waals surface area contributed by atoms with Gasteiger partial charge in [0.2, 0.25) is 5.89 Å². The first-order valence-electron chi connectivity index (χ1n) is 7.07. The lowest BCUT2D eigenvalue weighted by Crippen LogP contribution is -2.41. The van der Waals surface area contributed by atoms with Crippen LogP contribution in [0.25, 0.3) is 0 Å². The molecule has 128 valence electrons. The molecule has 0 aliphatic rings. The standard InChI is InChI=1S/C13H26N6O2.HI/c1-11-17-12(18-21-11)10-16-13(14-2)15-6-8-19(3)7-5-9-20-4;/h5-10H2,1-4H3,(H2,14,15,16);1H. The van der Waals surface area contributed by atoms with Gasteiger partial charge in [-0.1, -0.05) is 5.16 Å². The number of rotatable bonds is 9. The van der Waals surface area contributed by atoms with Gasteiger partial charge in [-0.3, -0.25) is 4.99 Å². The number of aryl methyl sites for hydroxylation is 1. The second kappa shape index (κ2) is 12.6. The number of hydrogen-bond acceptors (Lipinski definition) is 6. The molecule has 0 spiro atoms. The molecule has 0 fully saturated rings. The topological polar surface area (TPSA) is 87.8 Å². The summed E-state index contributed by atoms with van der Waals surface area (Å²) in [6, 6.07) is 0. The first kappa shape index (κ1) is 21.1. The second-order valence-electron chi connectivity index (χ2n) is 4.73. The Labute approximate surface area is 149 Å². The van der Waals surface area contributed by atoms with E-state index in [2.05, 4.69) is 37.7 Å². The Balaban J connectivity index is 0.00000441. The Hall–Kier alpha value is -0.940. The molecule has 0 radical (unpaired) electrons. The van der Waals surface area contributed by atoms with E-state index in [0.29, 0.717) is 18.3 Å². The fourth-order valence-corrected chi connectivity index (χ4v) is 1.75. The van der Waals surface area contributed by atoms with Gasteiger partial charge in [-0.2, -0.15) is 4.98 Å². The molecule has 0 saturated heterocycles. The molecule has 0 aliphatic heterocycles. The first-order valence-corrected chi connectivity index (χ1v) is 7.07. The van der Waals surface area contributed by atoms with Crippen molar-refractivity contribution in [2.24, 2.45) is 4.99 Å². The summed E-state index contributed by atoms with van der Waals surface area (Å²) >= 11 is 0. The number of aromatic nitrogens is 2. The molecule has 0 aliphatic carbocycles. The van der Waals surface area contributed by atoms with Crippen molar-refractivity contribution in [2.75, 3.05) is 47.4 Å². The molecule has 1 aromatic heterocycles. The minimum Gasteiger partial charge on any atom is -0.385 e. The van der Waals surface area contributed by atoms with Crippen LogP contribution in [0.15, 0.2) is 9.52 Å².